The molecule has 0 fully saturated rings. The standard InChI is InChI=1S/C13H15ClN2S/c1-4-5-10-7-12(14)16-13(15-10)11-6-8(2)17-9(11)3/h6-7H,4-5H2,1-3H3. The van der Waals surface area contributed by atoms with Gasteiger partial charge in [0.1, 0.15) is 5.15 Å². The molecule has 0 radical (unpaired) electrons. The van der Waals surface area contributed by atoms with Crippen molar-refractivity contribution >= 4 is 22.9 Å². The van der Waals surface area contributed by atoms with Crippen molar-refractivity contribution in [2.45, 2.75) is 33.6 Å². The van der Waals surface area contributed by atoms with Crippen molar-refractivity contribution < 1.29 is 0 Å². The molecule has 90 valence electrons. The first kappa shape index (κ1) is 12.5. The second kappa shape index (κ2) is 5.15. The lowest BCUT2D eigenvalue weighted by Crippen LogP contribution is -1.96. The second-order valence-corrected chi connectivity index (χ2v) is 5.93. The van der Waals surface area contributed by atoms with Gasteiger partial charge in [0.05, 0.1) is 0 Å². The molecule has 2 aromatic rings. The van der Waals surface area contributed by atoms with Gasteiger partial charge in [0.25, 0.3) is 0 Å². The van der Waals surface area contributed by atoms with Crippen molar-refractivity contribution in [2.75, 3.05) is 0 Å². The minimum Gasteiger partial charge on any atom is -0.233 e. The first-order valence-corrected chi connectivity index (χ1v) is 6.90. The van der Waals surface area contributed by atoms with Crippen molar-refractivity contribution in [3.05, 3.63) is 32.7 Å². The number of aromatic nitrogens is 2. The Kier molecular flexibility index (Phi) is 3.79. The normalized spacial score (nSPS) is 10.8. The van der Waals surface area contributed by atoms with Gasteiger partial charge in [0.15, 0.2) is 5.82 Å². The van der Waals surface area contributed by atoms with Gasteiger partial charge in [-0.2, -0.15) is 0 Å². The zero-order valence-electron chi connectivity index (χ0n) is 10.2. The number of nitrogens with zero attached hydrogens (tertiary/aromatic N) is 2. The Balaban J connectivity index is 2.48. The summed E-state index contributed by atoms with van der Waals surface area (Å²) in [6, 6.07) is 3.98. The minimum atomic E-state index is 0.529. The largest absolute Gasteiger partial charge is 0.233 e. The van der Waals surface area contributed by atoms with E-state index in [9.17, 15) is 0 Å². The maximum atomic E-state index is 6.05. The molecule has 2 rings (SSSR count). The van der Waals surface area contributed by atoms with E-state index in [-0.39, 0.29) is 0 Å². The van der Waals surface area contributed by atoms with Crippen molar-refractivity contribution in [1.82, 2.24) is 9.97 Å². The molecule has 0 saturated carbocycles. The van der Waals surface area contributed by atoms with Gasteiger partial charge in [0.2, 0.25) is 0 Å². The molecule has 0 bridgehead atoms. The summed E-state index contributed by atoms with van der Waals surface area (Å²) in [4.78, 5) is 11.4. The maximum Gasteiger partial charge on any atom is 0.162 e. The average molecular weight is 267 g/mol. The highest BCUT2D eigenvalue weighted by Gasteiger charge is 2.10. The van der Waals surface area contributed by atoms with Gasteiger partial charge in [-0.15, -0.1) is 11.3 Å². The Hall–Kier alpha value is -0.930. The molecule has 0 unspecified atom stereocenters. The molecule has 2 heterocycles. The van der Waals surface area contributed by atoms with Crippen molar-refractivity contribution in [2.24, 2.45) is 0 Å². The van der Waals surface area contributed by atoms with Crippen molar-refractivity contribution in [3.63, 3.8) is 0 Å². The van der Waals surface area contributed by atoms with Crippen LogP contribution in [-0.4, -0.2) is 9.97 Å². The molecule has 0 atom stereocenters. The van der Waals surface area contributed by atoms with Crippen LogP contribution in [0.25, 0.3) is 11.4 Å². The van der Waals surface area contributed by atoms with Crippen LogP contribution in [0.4, 0.5) is 0 Å². The fourth-order valence-corrected chi connectivity index (χ4v) is 2.95. The van der Waals surface area contributed by atoms with E-state index < -0.39 is 0 Å². The van der Waals surface area contributed by atoms with E-state index in [4.69, 9.17) is 11.6 Å². The highest BCUT2D eigenvalue weighted by molar-refractivity contribution is 7.12. The number of halogens is 1. The molecule has 0 aliphatic heterocycles. The predicted octanol–water partition coefficient (Wildman–Crippen LogP) is 4.43. The minimum absolute atomic E-state index is 0.529. The summed E-state index contributed by atoms with van der Waals surface area (Å²) >= 11 is 7.81. The molecule has 0 saturated heterocycles. The van der Waals surface area contributed by atoms with E-state index in [0.717, 1.165) is 29.9 Å². The van der Waals surface area contributed by atoms with E-state index in [1.807, 2.05) is 6.07 Å². The van der Waals surface area contributed by atoms with Crippen molar-refractivity contribution in [3.8, 4) is 11.4 Å². The number of hydrogen-bond donors (Lipinski definition) is 0. The molecular formula is C13H15ClN2S. The summed E-state index contributed by atoms with van der Waals surface area (Å²) in [6.45, 7) is 6.32. The van der Waals surface area contributed by atoms with E-state index in [2.05, 4.69) is 36.8 Å². The highest BCUT2D eigenvalue weighted by atomic mass is 35.5. The third kappa shape index (κ3) is 2.85. The maximum absolute atomic E-state index is 6.05. The first-order chi connectivity index (χ1) is 8.10. The fourth-order valence-electron chi connectivity index (χ4n) is 1.82. The Labute approximate surface area is 111 Å². The summed E-state index contributed by atoms with van der Waals surface area (Å²) in [5.74, 6) is 0.753. The van der Waals surface area contributed by atoms with Crippen LogP contribution in [0.1, 0.15) is 28.8 Å². The highest BCUT2D eigenvalue weighted by Crippen LogP contribution is 2.29. The molecule has 0 spiro atoms. The molecule has 0 aliphatic carbocycles. The Morgan fingerprint density at radius 1 is 1.24 bits per heavy atom. The van der Waals surface area contributed by atoms with Gasteiger partial charge in [-0.25, -0.2) is 9.97 Å². The van der Waals surface area contributed by atoms with Crippen LogP contribution >= 0.6 is 22.9 Å². The van der Waals surface area contributed by atoms with Crippen LogP contribution in [0.2, 0.25) is 5.15 Å². The van der Waals surface area contributed by atoms with Crippen LogP contribution in [0.5, 0.6) is 0 Å². The van der Waals surface area contributed by atoms with Crippen LogP contribution in [0.15, 0.2) is 12.1 Å². The van der Waals surface area contributed by atoms with Crippen LogP contribution in [0.3, 0.4) is 0 Å². The Morgan fingerprint density at radius 3 is 2.59 bits per heavy atom. The smallest absolute Gasteiger partial charge is 0.162 e. The van der Waals surface area contributed by atoms with E-state index in [0.29, 0.717) is 5.15 Å². The summed E-state index contributed by atoms with van der Waals surface area (Å²) in [5, 5.41) is 0.529. The lowest BCUT2D eigenvalue weighted by Gasteiger charge is -2.03. The third-order valence-corrected chi connectivity index (χ3v) is 3.70. The summed E-state index contributed by atoms with van der Waals surface area (Å²) in [7, 11) is 0. The Bertz CT molecular complexity index is 534. The van der Waals surface area contributed by atoms with E-state index in [1.165, 1.54) is 9.75 Å². The lowest BCUT2D eigenvalue weighted by molar-refractivity contribution is 0.875. The molecule has 0 amide bonds. The van der Waals surface area contributed by atoms with E-state index in [1.54, 1.807) is 11.3 Å². The van der Waals surface area contributed by atoms with Gasteiger partial charge in [-0.05, 0) is 32.4 Å². The number of thiophene rings is 1. The molecule has 2 aromatic heterocycles. The number of aryl methyl sites for hydroxylation is 3. The molecule has 0 aliphatic rings. The summed E-state index contributed by atoms with van der Waals surface area (Å²) in [5.41, 5.74) is 2.12. The quantitative estimate of drug-likeness (QED) is 0.768. The fraction of sp³-hybridized carbons (Fsp3) is 0.385. The molecule has 4 heteroatoms. The molecule has 0 N–H and O–H groups in total. The van der Waals surface area contributed by atoms with Gasteiger partial charge in [0, 0.05) is 21.0 Å². The molecule has 2 nitrogen and oxygen atoms in total. The van der Waals surface area contributed by atoms with Crippen LogP contribution in [0, 0.1) is 13.8 Å². The number of hydrogen-bond acceptors (Lipinski definition) is 3. The van der Waals surface area contributed by atoms with Gasteiger partial charge in [-0.3, -0.25) is 0 Å². The summed E-state index contributed by atoms with van der Waals surface area (Å²) in [6.07, 6.45) is 2.01. The third-order valence-electron chi connectivity index (χ3n) is 2.54. The van der Waals surface area contributed by atoms with Gasteiger partial charge in [-0.1, -0.05) is 24.9 Å². The van der Waals surface area contributed by atoms with Crippen LogP contribution in [-0.2, 0) is 6.42 Å². The topological polar surface area (TPSA) is 25.8 Å². The Morgan fingerprint density at radius 2 is 2.00 bits per heavy atom. The first-order valence-electron chi connectivity index (χ1n) is 5.71. The second-order valence-electron chi connectivity index (χ2n) is 4.08. The lowest BCUT2D eigenvalue weighted by atomic mass is 10.2. The predicted molar refractivity (Wildman–Crippen MR) is 73.8 cm³/mol. The van der Waals surface area contributed by atoms with Gasteiger partial charge < -0.3 is 0 Å². The average Bonchev–Trinajstić information content (AvgIpc) is 2.57. The zero-order valence-corrected chi connectivity index (χ0v) is 11.8. The van der Waals surface area contributed by atoms with E-state index >= 15 is 0 Å². The molecule has 17 heavy (non-hydrogen) atoms. The molecule has 0 aromatic carbocycles. The monoisotopic (exact) mass is 266 g/mol. The SMILES string of the molecule is CCCc1cc(Cl)nc(-c2cc(C)sc2C)n1. The zero-order chi connectivity index (χ0) is 12.4. The van der Waals surface area contributed by atoms with Crippen LogP contribution < -0.4 is 0 Å². The molecular weight excluding hydrogens is 252 g/mol. The van der Waals surface area contributed by atoms with Gasteiger partial charge >= 0.3 is 0 Å². The summed E-state index contributed by atoms with van der Waals surface area (Å²) < 4.78 is 0. The number of rotatable bonds is 3. The van der Waals surface area contributed by atoms with Crippen molar-refractivity contribution in [1.29, 1.82) is 0 Å².